The monoisotopic (exact) mass is 330 g/mol. The topological polar surface area (TPSA) is 64.7 Å². The molecule has 0 aliphatic rings. The van der Waals surface area contributed by atoms with Crippen molar-refractivity contribution in [3.63, 3.8) is 0 Å². The van der Waals surface area contributed by atoms with E-state index in [4.69, 9.17) is 16.0 Å². The smallest absolute Gasteiger partial charge is 0.276 e. The van der Waals surface area contributed by atoms with E-state index < -0.39 is 0 Å². The fraction of sp³-hybridized carbons (Fsp3) is 0.200. The van der Waals surface area contributed by atoms with Crippen molar-refractivity contribution >= 4 is 46.2 Å². The van der Waals surface area contributed by atoms with Gasteiger partial charge < -0.3 is 4.42 Å². The fourth-order valence-corrected chi connectivity index (χ4v) is 3.55. The lowest BCUT2D eigenvalue weighted by Crippen LogP contribution is -1.83. The zero-order chi connectivity index (χ0) is 13.1. The van der Waals surface area contributed by atoms with Gasteiger partial charge in [-0.05, 0) is 11.4 Å². The van der Waals surface area contributed by atoms with E-state index in [0.29, 0.717) is 27.6 Å². The molecule has 0 amide bonds. The number of rotatable bonds is 5. The van der Waals surface area contributed by atoms with E-state index in [0.717, 1.165) is 5.69 Å². The van der Waals surface area contributed by atoms with E-state index >= 15 is 0 Å². The molecule has 5 nitrogen and oxygen atoms in total. The lowest BCUT2D eigenvalue weighted by Gasteiger charge is -1.92. The summed E-state index contributed by atoms with van der Waals surface area (Å²) in [5, 5.41) is 14.5. The minimum Gasteiger partial charge on any atom is -0.416 e. The molecule has 0 unspecified atom stereocenters. The van der Waals surface area contributed by atoms with Crippen molar-refractivity contribution in [2.45, 2.75) is 17.4 Å². The number of hydrogen-bond acceptors (Lipinski definition) is 8. The molecule has 98 valence electrons. The lowest BCUT2D eigenvalue weighted by atomic mass is 10.3. The Balaban J connectivity index is 1.60. The van der Waals surface area contributed by atoms with Crippen LogP contribution in [0.5, 0.6) is 0 Å². The normalized spacial score (nSPS) is 11.0. The summed E-state index contributed by atoms with van der Waals surface area (Å²) in [6.45, 7) is 0. The molecule has 0 spiro atoms. The van der Waals surface area contributed by atoms with Gasteiger partial charge >= 0.3 is 0 Å². The van der Waals surface area contributed by atoms with E-state index in [1.54, 1.807) is 11.3 Å². The molecule has 3 rings (SSSR count). The molecule has 3 heterocycles. The molecule has 3 aromatic rings. The van der Waals surface area contributed by atoms with Gasteiger partial charge in [-0.1, -0.05) is 33.9 Å². The molecule has 0 radical (unpaired) electrons. The molecular formula is C10H7ClN4OS3. The summed E-state index contributed by atoms with van der Waals surface area (Å²) < 4.78 is 9.93. The highest BCUT2D eigenvalue weighted by atomic mass is 35.5. The van der Waals surface area contributed by atoms with Crippen LogP contribution in [0.15, 0.2) is 27.2 Å². The minimum absolute atomic E-state index is 0.524. The molecule has 0 fully saturated rings. The van der Waals surface area contributed by atoms with Crippen LogP contribution in [0.1, 0.15) is 16.5 Å². The molecule has 0 N–H and O–H groups in total. The first-order chi connectivity index (χ1) is 9.31. The second kappa shape index (κ2) is 6.00. The Bertz CT molecular complexity index is 651. The largest absolute Gasteiger partial charge is 0.416 e. The van der Waals surface area contributed by atoms with Crippen molar-refractivity contribution in [3.05, 3.63) is 38.3 Å². The van der Waals surface area contributed by atoms with Gasteiger partial charge in [0.25, 0.3) is 5.22 Å². The SMILES string of the molecule is Clc1snnc1CSc1nnc(Cc2cccs2)o1. The van der Waals surface area contributed by atoms with Gasteiger partial charge in [0, 0.05) is 22.2 Å². The quantitative estimate of drug-likeness (QED) is 0.667. The van der Waals surface area contributed by atoms with E-state index in [2.05, 4.69) is 19.8 Å². The van der Waals surface area contributed by atoms with Crippen molar-refractivity contribution in [2.24, 2.45) is 0 Å². The van der Waals surface area contributed by atoms with Gasteiger partial charge in [-0.3, -0.25) is 0 Å². The van der Waals surface area contributed by atoms with Gasteiger partial charge in [0.2, 0.25) is 5.89 Å². The van der Waals surface area contributed by atoms with Crippen molar-refractivity contribution < 1.29 is 4.42 Å². The number of nitrogens with zero attached hydrogens (tertiary/aromatic N) is 4. The van der Waals surface area contributed by atoms with Crippen LogP contribution < -0.4 is 0 Å². The van der Waals surface area contributed by atoms with E-state index in [1.807, 2.05) is 17.5 Å². The molecule has 0 aromatic carbocycles. The average Bonchev–Trinajstić information content (AvgIpc) is 3.10. The Labute approximate surface area is 126 Å². The van der Waals surface area contributed by atoms with Crippen LogP contribution in [0.25, 0.3) is 0 Å². The summed E-state index contributed by atoms with van der Waals surface area (Å²) in [7, 11) is 0. The average molecular weight is 331 g/mol. The molecule has 0 saturated heterocycles. The van der Waals surface area contributed by atoms with E-state index in [1.165, 1.54) is 28.2 Å². The number of hydrogen-bond donors (Lipinski definition) is 0. The van der Waals surface area contributed by atoms with Crippen LogP contribution in [0.3, 0.4) is 0 Å². The third-order valence-electron chi connectivity index (χ3n) is 2.20. The summed E-state index contributed by atoms with van der Waals surface area (Å²) in [4.78, 5) is 1.20. The van der Waals surface area contributed by atoms with Gasteiger partial charge in [0.15, 0.2) is 0 Å². The molecular weight excluding hydrogens is 324 g/mol. The first-order valence-electron chi connectivity index (χ1n) is 5.25. The molecule has 9 heteroatoms. The van der Waals surface area contributed by atoms with Crippen LogP contribution in [-0.2, 0) is 12.2 Å². The molecule has 0 aliphatic carbocycles. The Hall–Kier alpha value is -0.960. The highest BCUT2D eigenvalue weighted by Gasteiger charge is 2.11. The van der Waals surface area contributed by atoms with Gasteiger partial charge in [0.05, 0.1) is 6.42 Å². The van der Waals surface area contributed by atoms with E-state index in [-0.39, 0.29) is 0 Å². The first kappa shape index (κ1) is 13.0. The standard InChI is InChI=1S/C10H7ClN4OS3/c11-9-7(12-15-19-9)5-18-10-14-13-8(16-10)4-6-2-1-3-17-6/h1-3H,4-5H2. The van der Waals surface area contributed by atoms with Crippen LogP contribution in [-0.4, -0.2) is 19.8 Å². The first-order valence-corrected chi connectivity index (χ1v) is 8.27. The number of aromatic nitrogens is 4. The zero-order valence-electron chi connectivity index (χ0n) is 9.45. The summed E-state index contributed by atoms with van der Waals surface area (Å²) in [5.74, 6) is 1.20. The van der Waals surface area contributed by atoms with Crippen LogP contribution in [0.2, 0.25) is 4.34 Å². The van der Waals surface area contributed by atoms with Crippen LogP contribution >= 0.6 is 46.2 Å². The van der Waals surface area contributed by atoms with Crippen molar-refractivity contribution in [3.8, 4) is 0 Å². The Morgan fingerprint density at radius 3 is 3.00 bits per heavy atom. The Kier molecular flexibility index (Phi) is 4.12. The summed E-state index contributed by atoms with van der Waals surface area (Å²) in [5.41, 5.74) is 0.745. The van der Waals surface area contributed by atoms with Gasteiger partial charge in [-0.25, -0.2) is 0 Å². The predicted octanol–water partition coefficient (Wildman–Crippen LogP) is 3.52. The maximum Gasteiger partial charge on any atom is 0.276 e. The van der Waals surface area contributed by atoms with Gasteiger partial charge in [-0.2, -0.15) is 0 Å². The maximum atomic E-state index is 5.92. The minimum atomic E-state index is 0.524. The highest BCUT2D eigenvalue weighted by molar-refractivity contribution is 7.98. The maximum absolute atomic E-state index is 5.92. The molecule has 19 heavy (non-hydrogen) atoms. The second-order valence-electron chi connectivity index (χ2n) is 3.50. The summed E-state index contributed by atoms with van der Waals surface area (Å²) in [6.07, 6.45) is 0.671. The molecule has 0 saturated carbocycles. The number of thioether (sulfide) groups is 1. The Morgan fingerprint density at radius 2 is 2.26 bits per heavy atom. The fourth-order valence-electron chi connectivity index (χ4n) is 1.34. The molecule has 0 aliphatic heterocycles. The lowest BCUT2D eigenvalue weighted by molar-refractivity contribution is 0.421. The highest BCUT2D eigenvalue weighted by Crippen LogP contribution is 2.26. The predicted molar refractivity (Wildman–Crippen MR) is 75.9 cm³/mol. The molecule has 0 bridgehead atoms. The van der Waals surface area contributed by atoms with Crippen LogP contribution in [0.4, 0.5) is 0 Å². The van der Waals surface area contributed by atoms with Crippen molar-refractivity contribution in [1.29, 1.82) is 0 Å². The Morgan fingerprint density at radius 1 is 1.32 bits per heavy atom. The number of thiophene rings is 1. The third-order valence-corrected chi connectivity index (χ3v) is 4.89. The zero-order valence-corrected chi connectivity index (χ0v) is 12.7. The van der Waals surface area contributed by atoms with Gasteiger partial charge in [0.1, 0.15) is 10.0 Å². The molecule has 0 atom stereocenters. The van der Waals surface area contributed by atoms with Gasteiger partial charge in [-0.15, -0.1) is 26.6 Å². The summed E-state index contributed by atoms with van der Waals surface area (Å²) >= 11 is 10.2. The van der Waals surface area contributed by atoms with Crippen LogP contribution in [0, 0.1) is 0 Å². The second-order valence-corrected chi connectivity index (χ2v) is 6.81. The third kappa shape index (κ3) is 3.33. The van der Waals surface area contributed by atoms with Crippen molar-refractivity contribution in [1.82, 2.24) is 19.8 Å². The van der Waals surface area contributed by atoms with E-state index in [9.17, 15) is 0 Å². The summed E-state index contributed by atoms with van der Waals surface area (Å²) in [6, 6.07) is 4.05. The van der Waals surface area contributed by atoms with Crippen molar-refractivity contribution in [2.75, 3.05) is 0 Å². The molecule has 3 aromatic heterocycles. The number of halogens is 1.